The molecule has 3 saturated heterocycles. The fraction of sp³-hybridized carbons (Fsp3) is 0.435. The summed E-state index contributed by atoms with van der Waals surface area (Å²) in [5.74, 6) is 0.707. The van der Waals surface area contributed by atoms with E-state index in [1.165, 1.54) is 17.5 Å². The van der Waals surface area contributed by atoms with Crippen LogP contribution in [0.2, 0.25) is 0 Å². The number of aromatic amines is 1. The number of carbonyl (C=O) groups is 1. The summed E-state index contributed by atoms with van der Waals surface area (Å²) in [5, 5.41) is 10.9. The van der Waals surface area contributed by atoms with Gasteiger partial charge in [-0.2, -0.15) is 15.4 Å². The topological polar surface area (TPSA) is 65.1 Å². The number of fused-ring (bicyclic) bond motifs is 6. The molecule has 2 bridgehead atoms. The van der Waals surface area contributed by atoms with E-state index in [4.69, 9.17) is 0 Å². The van der Waals surface area contributed by atoms with Crippen molar-refractivity contribution in [2.75, 3.05) is 19.6 Å². The first-order valence-electron chi connectivity index (χ1n) is 10.7. The summed E-state index contributed by atoms with van der Waals surface area (Å²) in [6.07, 6.45) is 4.63. The summed E-state index contributed by atoms with van der Waals surface area (Å²) in [6, 6.07) is 15.4. The molecular formula is C23H25N5O. The molecule has 0 radical (unpaired) electrons. The van der Waals surface area contributed by atoms with E-state index in [1.807, 2.05) is 18.2 Å². The predicted octanol–water partition coefficient (Wildman–Crippen LogP) is 2.66. The number of benzene rings is 2. The lowest BCUT2D eigenvalue weighted by Crippen LogP contribution is -2.48. The lowest BCUT2D eigenvalue weighted by Gasteiger charge is -2.36. The Labute approximate surface area is 169 Å². The largest absolute Gasteiger partial charge is 0.334 e. The number of nitrogens with one attached hydrogen (secondary N) is 1. The molecule has 0 saturated carbocycles. The number of H-pyrrole nitrogens is 1. The van der Waals surface area contributed by atoms with Crippen LogP contribution in [0.4, 0.5) is 0 Å². The highest BCUT2D eigenvalue weighted by molar-refractivity contribution is 5.97. The van der Waals surface area contributed by atoms with Gasteiger partial charge in [0.15, 0.2) is 0 Å². The Morgan fingerprint density at radius 2 is 1.69 bits per heavy atom. The van der Waals surface area contributed by atoms with E-state index < -0.39 is 0 Å². The van der Waals surface area contributed by atoms with Gasteiger partial charge in [0, 0.05) is 37.3 Å². The van der Waals surface area contributed by atoms with Crippen LogP contribution in [0, 0.1) is 5.92 Å². The van der Waals surface area contributed by atoms with Crippen molar-refractivity contribution in [1.29, 1.82) is 0 Å². The second kappa shape index (κ2) is 6.66. The molecule has 3 fully saturated rings. The summed E-state index contributed by atoms with van der Waals surface area (Å²) in [6.45, 7) is 2.98. The predicted molar refractivity (Wildman–Crippen MR) is 111 cm³/mol. The normalized spacial score (nSPS) is 24.8. The molecule has 29 heavy (non-hydrogen) atoms. The zero-order valence-corrected chi connectivity index (χ0v) is 16.4. The van der Waals surface area contributed by atoms with E-state index in [2.05, 4.69) is 49.5 Å². The first kappa shape index (κ1) is 17.2. The van der Waals surface area contributed by atoms with Crippen molar-refractivity contribution in [3.63, 3.8) is 0 Å². The van der Waals surface area contributed by atoms with Crippen LogP contribution in [0.1, 0.15) is 34.3 Å². The molecule has 1 amide bonds. The van der Waals surface area contributed by atoms with E-state index >= 15 is 0 Å². The van der Waals surface area contributed by atoms with Crippen molar-refractivity contribution < 1.29 is 4.79 Å². The molecule has 3 aromatic rings. The molecule has 2 atom stereocenters. The average molecular weight is 387 g/mol. The molecule has 4 heterocycles. The molecule has 4 aliphatic rings. The highest BCUT2D eigenvalue weighted by Crippen LogP contribution is 2.33. The van der Waals surface area contributed by atoms with Gasteiger partial charge in [-0.3, -0.25) is 9.69 Å². The molecule has 6 heteroatoms. The van der Waals surface area contributed by atoms with E-state index in [1.54, 1.807) is 0 Å². The molecule has 0 spiro atoms. The highest BCUT2D eigenvalue weighted by atomic mass is 16.2. The van der Waals surface area contributed by atoms with Crippen molar-refractivity contribution in [1.82, 2.24) is 25.2 Å². The highest BCUT2D eigenvalue weighted by Gasteiger charge is 2.40. The molecule has 6 nitrogen and oxygen atoms in total. The van der Waals surface area contributed by atoms with Crippen LogP contribution in [0.3, 0.4) is 0 Å². The second-order valence-corrected chi connectivity index (χ2v) is 8.87. The smallest absolute Gasteiger partial charge is 0.254 e. The number of hydrogen-bond donors (Lipinski definition) is 1. The third-order valence-electron chi connectivity index (χ3n) is 7.11. The Morgan fingerprint density at radius 3 is 2.52 bits per heavy atom. The third kappa shape index (κ3) is 2.94. The minimum absolute atomic E-state index is 0.140. The van der Waals surface area contributed by atoms with Crippen molar-refractivity contribution >= 4 is 16.9 Å². The van der Waals surface area contributed by atoms with Crippen molar-refractivity contribution in [2.24, 2.45) is 5.92 Å². The number of rotatable bonds is 2. The summed E-state index contributed by atoms with van der Waals surface area (Å²) < 4.78 is 0. The zero-order chi connectivity index (χ0) is 19.4. The molecular weight excluding hydrogens is 362 g/mol. The molecule has 2 aromatic carbocycles. The second-order valence-electron chi connectivity index (χ2n) is 8.87. The van der Waals surface area contributed by atoms with Crippen LogP contribution in [-0.4, -0.2) is 62.8 Å². The quantitative estimate of drug-likeness (QED) is 0.734. The molecule has 3 aliphatic heterocycles. The van der Waals surface area contributed by atoms with Gasteiger partial charge in [-0.15, -0.1) is 0 Å². The van der Waals surface area contributed by atoms with Gasteiger partial charge >= 0.3 is 0 Å². The maximum absolute atomic E-state index is 13.4. The van der Waals surface area contributed by atoms with Gasteiger partial charge in [0.1, 0.15) is 11.0 Å². The van der Waals surface area contributed by atoms with Crippen LogP contribution < -0.4 is 0 Å². The molecule has 1 aromatic heterocycles. The van der Waals surface area contributed by atoms with Gasteiger partial charge in [-0.05, 0) is 60.9 Å². The number of hydrogen-bond acceptors (Lipinski definition) is 4. The lowest BCUT2D eigenvalue weighted by molar-refractivity contribution is 0.0582. The molecule has 148 valence electrons. The SMILES string of the molecule is O=C(c1ccc2n[nH]nc2c1)N1C[C@H]2CC[C@@H]1CN(C1Cc3ccccc3C1)C2. The third-order valence-corrected chi connectivity index (χ3v) is 7.11. The lowest BCUT2D eigenvalue weighted by atomic mass is 9.94. The fourth-order valence-electron chi connectivity index (χ4n) is 5.60. The van der Waals surface area contributed by atoms with Crippen molar-refractivity contribution in [3.05, 3.63) is 59.2 Å². The van der Waals surface area contributed by atoms with E-state index in [9.17, 15) is 4.79 Å². The molecule has 0 unspecified atom stereocenters. The van der Waals surface area contributed by atoms with Crippen LogP contribution in [0.5, 0.6) is 0 Å². The van der Waals surface area contributed by atoms with Gasteiger partial charge in [-0.1, -0.05) is 24.3 Å². The van der Waals surface area contributed by atoms with Crippen molar-refractivity contribution in [3.8, 4) is 0 Å². The van der Waals surface area contributed by atoms with E-state index in [-0.39, 0.29) is 5.91 Å². The molecule has 1 N–H and O–H groups in total. The monoisotopic (exact) mass is 387 g/mol. The van der Waals surface area contributed by atoms with Crippen LogP contribution in [-0.2, 0) is 12.8 Å². The minimum Gasteiger partial charge on any atom is -0.334 e. The first-order valence-corrected chi connectivity index (χ1v) is 10.7. The Morgan fingerprint density at radius 1 is 0.897 bits per heavy atom. The molecule has 1 aliphatic carbocycles. The maximum atomic E-state index is 13.4. The van der Waals surface area contributed by atoms with E-state index in [0.29, 0.717) is 18.0 Å². The fourth-order valence-corrected chi connectivity index (χ4v) is 5.60. The summed E-state index contributed by atoms with van der Waals surface area (Å²) in [7, 11) is 0. The number of piperidine rings is 1. The Kier molecular flexibility index (Phi) is 3.94. The summed E-state index contributed by atoms with van der Waals surface area (Å²) in [4.78, 5) is 18.2. The van der Waals surface area contributed by atoms with Crippen LogP contribution in [0.25, 0.3) is 11.0 Å². The van der Waals surface area contributed by atoms with Crippen molar-refractivity contribution in [2.45, 2.75) is 37.8 Å². The van der Waals surface area contributed by atoms with Gasteiger partial charge < -0.3 is 4.90 Å². The maximum Gasteiger partial charge on any atom is 0.254 e. The Bertz CT molecular complexity index is 1050. The van der Waals surface area contributed by atoms with Gasteiger partial charge in [-0.25, -0.2) is 0 Å². The Balaban J connectivity index is 1.23. The Hall–Kier alpha value is -2.73. The van der Waals surface area contributed by atoms with Gasteiger partial charge in [0.05, 0.1) is 0 Å². The summed E-state index contributed by atoms with van der Waals surface area (Å²) >= 11 is 0. The first-order chi connectivity index (χ1) is 14.2. The van der Waals surface area contributed by atoms with E-state index in [0.717, 1.165) is 55.5 Å². The standard InChI is InChI=1S/C23H25N5O/c29-23(18-6-8-21-22(11-18)25-26-24-21)28-13-15-5-7-19(28)14-27(12-15)20-9-16-3-1-2-4-17(16)10-20/h1-4,6,8,11,15,19-20H,5,7,9-10,12-14H2,(H,24,25,26)/t15-,19+/m0/s1. The summed E-state index contributed by atoms with van der Waals surface area (Å²) in [5.41, 5.74) is 5.27. The molecule has 7 rings (SSSR count). The van der Waals surface area contributed by atoms with Crippen LogP contribution in [0.15, 0.2) is 42.5 Å². The zero-order valence-electron chi connectivity index (χ0n) is 16.4. The van der Waals surface area contributed by atoms with Gasteiger partial charge in [0.25, 0.3) is 5.91 Å². The van der Waals surface area contributed by atoms with Gasteiger partial charge in [0.2, 0.25) is 0 Å². The van der Waals surface area contributed by atoms with Crippen LogP contribution >= 0.6 is 0 Å². The average Bonchev–Trinajstić information content (AvgIpc) is 3.30. The number of aromatic nitrogens is 3. The number of nitrogens with zero attached hydrogens (tertiary/aromatic N) is 4. The minimum atomic E-state index is 0.140. The number of carbonyl (C=O) groups excluding carboxylic acids is 1. The number of amides is 1.